The zero-order chi connectivity index (χ0) is 11.7. The van der Waals surface area contributed by atoms with Gasteiger partial charge in [-0.3, -0.25) is 4.79 Å². The van der Waals surface area contributed by atoms with Crippen molar-refractivity contribution in [1.29, 1.82) is 0 Å². The number of hydrogen-bond donors (Lipinski definition) is 0. The first kappa shape index (κ1) is 10.5. The minimum absolute atomic E-state index is 0.0342. The highest BCUT2D eigenvalue weighted by molar-refractivity contribution is 6.12. The maximum absolute atomic E-state index is 11.9. The Balaban J connectivity index is 1.79. The van der Waals surface area contributed by atoms with Crippen LogP contribution in [0.4, 0.5) is 0 Å². The molecule has 1 atom stereocenters. The second-order valence-corrected chi connectivity index (χ2v) is 4.31. The Morgan fingerprint density at radius 1 is 1.47 bits per heavy atom. The van der Waals surface area contributed by atoms with Crippen LogP contribution in [-0.4, -0.2) is 35.9 Å². The minimum atomic E-state index is 0.0342. The number of hydrogen-bond acceptors (Lipinski definition) is 4. The molecule has 0 spiro atoms. The van der Waals surface area contributed by atoms with Crippen LogP contribution in [0.15, 0.2) is 27.9 Å². The van der Waals surface area contributed by atoms with Gasteiger partial charge in [-0.1, -0.05) is 0 Å². The molecule has 0 bridgehead atoms. The average Bonchev–Trinajstić information content (AvgIpc) is 2.99. The lowest BCUT2D eigenvalue weighted by molar-refractivity contribution is -0.133. The molecule has 1 aromatic heterocycles. The Hall–Kier alpha value is -1.62. The Kier molecular flexibility index (Phi) is 2.68. The summed E-state index contributed by atoms with van der Waals surface area (Å²) in [6.45, 7) is 1.37. The quantitative estimate of drug-likeness (QED) is 0.777. The molecular formula is C12H14N2O3. The number of amides is 1. The third-order valence-corrected chi connectivity index (χ3v) is 3.09. The van der Waals surface area contributed by atoms with Gasteiger partial charge in [0.05, 0.1) is 25.3 Å². The summed E-state index contributed by atoms with van der Waals surface area (Å²) in [5.74, 6) is 0.712. The summed E-state index contributed by atoms with van der Waals surface area (Å²) >= 11 is 0. The second kappa shape index (κ2) is 4.33. The Morgan fingerprint density at radius 3 is 3.12 bits per heavy atom. The van der Waals surface area contributed by atoms with E-state index in [4.69, 9.17) is 9.15 Å². The standard InChI is InChI=1S/C12H14N2O3/c15-12-7-10(11-4-2-6-17-11)13-14(12)9-3-1-5-16-8-9/h2,4,6,9H,1,3,5,7-8H2. The van der Waals surface area contributed by atoms with Gasteiger partial charge < -0.3 is 9.15 Å². The number of ether oxygens (including phenoxy) is 1. The predicted octanol–water partition coefficient (Wildman–Crippen LogP) is 1.40. The topological polar surface area (TPSA) is 55.0 Å². The van der Waals surface area contributed by atoms with Gasteiger partial charge in [0.15, 0.2) is 0 Å². The summed E-state index contributed by atoms with van der Waals surface area (Å²) in [6, 6.07) is 3.71. The SMILES string of the molecule is O=C1CC(c2ccco2)=NN1C1CCCOC1. The van der Waals surface area contributed by atoms with Gasteiger partial charge in [0, 0.05) is 6.61 Å². The van der Waals surface area contributed by atoms with E-state index in [1.54, 1.807) is 17.3 Å². The van der Waals surface area contributed by atoms with Gasteiger partial charge in [0.2, 0.25) is 5.91 Å². The van der Waals surface area contributed by atoms with Gasteiger partial charge in [0.1, 0.15) is 11.5 Å². The molecule has 5 nitrogen and oxygen atoms in total. The van der Waals surface area contributed by atoms with Crippen LogP contribution in [0.3, 0.4) is 0 Å². The molecule has 0 aromatic carbocycles. The third kappa shape index (κ3) is 1.98. The van der Waals surface area contributed by atoms with Gasteiger partial charge in [-0.05, 0) is 25.0 Å². The van der Waals surface area contributed by atoms with Crippen molar-refractivity contribution in [3.8, 4) is 0 Å². The van der Waals surface area contributed by atoms with E-state index in [2.05, 4.69) is 5.10 Å². The highest BCUT2D eigenvalue weighted by Crippen LogP contribution is 2.22. The fourth-order valence-electron chi connectivity index (χ4n) is 2.23. The smallest absolute Gasteiger partial charge is 0.249 e. The molecule has 0 aliphatic carbocycles. The van der Waals surface area contributed by atoms with Crippen LogP contribution in [-0.2, 0) is 9.53 Å². The van der Waals surface area contributed by atoms with Crippen LogP contribution in [0.2, 0.25) is 0 Å². The van der Waals surface area contributed by atoms with Crippen molar-refractivity contribution in [2.45, 2.75) is 25.3 Å². The lowest BCUT2D eigenvalue weighted by Gasteiger charge is -2.27. The van der Waals surface area contributed by atoms with Crippen molar-refractivity contribution in [1.82, 2.24) is 5.01 Å². The summed E-state index contributed by atoms with van der Waals surface area (Å²) < 4.78 is 10.6. The van der Waals surface area contributed by atoms with Crippen LogP contribution in [0, 0.1) is 0 Å². The average molecular weight is 234 g/mol. The highest BCUT2D eigenvalue weighted by atomic mass is 16.5. The molecule has 0 N–H and O–H groups in total. The summed E-state index contributed by atoms with van der Waals surface area (Å²) in [5, 5.41) is 5.93. The van der Waals surface area contributed by atoms with E-state index in [-0.39, 0.29) is 11.9 Å². The summed E-state index contributed by atoms with van der Waals surface area (Å²) in [7, 11) is 0. The molecule has 1 amide bonds. The lowest BCUT2D eigenvalue weighted by Crippen LogP contribution is -2.39. The summed E-state index contributed by atoms with van der Waals surface area (Å²) in [5.41, 5.74) is 0.713. The fourth-order valence-corrected chi connectivity index (χ4v) is 2.23. The Bertz CT molecular complexity index is 433. The van der Waals surface area contributed by atoms with Crippen LogP contribution >= 0.6 is 0 Å². The molecule has 90 valence electrons. The maximum atomic E-state index is 11.9. The zero-order valence-electron chi connectivity index (χ0n) is 9.46. The van der Waals surface area contributed by atoms with Crippen LogP contribution in [0.5, 0.6) is 0 Å². The van der Waals surface area contributed by atoms with Crippen molar-refractivity contribution in [2.24, 2.45) is 5.10 Å². The zero-order valence-corrected chi connectivity index (χ0v) is 9.46. The number of nitrogens with zero attached hydrogens (tertiary/aromatic N) is 2. The molecule has 5 heteroatoms. The van der Waals surface area contributed by atoms with Gasteiger partial charge in [0.25, 0.3) is 0 Å². The largest absolute Gasteiger partial charge is 0.463 e. The molecule has 0 radical (unpaired) electrons. The molecule has 1 fully saturated rings. The first-order valence-electron chi connectivity index (χ1n) is 5.86. The van der Waals surface area contributed by atoms with Crippen LogP contribution < -0.4 is 0 Å². The number of hydrazone groups is 1. The minimum Gasteiger partial charge on any atom is -0.463 e. The number of carbonyl (C=O) groups is 1. The molecule has 1 saturated heterocycles. The third-order valence-electron chi connectivity index (χ3n) is 3.09. The monoisotopic (exact) mass is 234 g/mol. The van der Waals surface area contributed by atoms with E-state index in [0.29, 0.717) is 24.5 Å². The molecule has 1 unspecified atom stereocenters. The van der Waals surface area contributed by atoms with Crippen LogP contribution in [0.1, 0.15) is 25.0 Å². The molecule has 3 heterocycles. The van der Waals surface area contributed by atoms with E-state index >= 15 is 0 Å². The second-order valence-electron chi connectivity index (χ2n) is 4.31. The van der Waals surface area contributed by atoms with E-state index in [1.807, 2.05) is 6.07 Å². The lowest BCUT2D eigenvalue weighted by atomic mass is 10.1. The van der Waals surface area contributed by atoms with Crippen molar-refractivity contribution in [3.63, 3.8) is 0 Å². The number of furan rings is 1. The molecule has 0 saturated carbocycles. The first-order valence-corrected chi connectivity index (χ1v) is 5.86. The fraction of sp³-hybridized carbons (Fsp3) is 0.500. The molecule has 17 heavy (non-hydrogen) atoms. The van der Waals surface area contributed by atoms with E-state index in [0.717, 1.165) is 19.4 Å². The van der Waals surface area contributed by atoms with Crippen molar-refractivity contribution in [3.05, 3.63) is 24.2 Å². The molecule has 2 aliphatic rings. The number of rotatable bonds is 2. The van der Waals surface area contributed by atoms with E-state index < -0.39 is 0 Å². The van der Waals surface area contributed by atoms with E-state index in [9.17, 15) is 4.79 Å². The molecule has 1 aromatic rings. The van der Waals surface area contributed by atoms with Gasteiger partial charge in [-0.2, -0.15) is 5.10 Å². The highest BCUT2D eigenvalue weighted by Gasteiger charge is 2.32. The summed E-state index contributed by atoms with van der Waals surface area (Å²) in [4.78, 5) is 11.9. The Morgan fingerprint density at radius 2 is 2.41 bits per heavy atom. The van der Waals surface area contributed by atoms with Crippen LogP contribution in [0.25, 0.3) is 0 Å². The van der Waals surface area contributed by atoms with Crippen molar-refractivity contribution in [2.75, 3.05) is 13.2 Å². The van der Waals surface area contributed by atoms with Gasteiger partial charge in [-0.15, -0.1) is 0 Å². The molecular weight excluding hydrogens is 220 g/mol. The number of carbonyl (C=O) groups excluding carboxylic acids is 1. The predicted molar refractivity (Wildman–Crippen MR) is 60.5 cm³/mol. The summed E-state index contributed by atoms with van der Waals surface area (Å²) in [6.07, 6.45) is 3.86. The Labute approximate surface area is 99.0 Å². The van der Waals surface area contributed by atoms with Gasteiger partial charge in [-0.25, -0.2) is 5.01 Å². The molecule has 2 aliphatic heterocycles. The first-order chi connectivity index (χ1) is 8.34. The van der Waals surface area contributed by atoms with Crippen molar-refractivity contribution >= 4 is 11.6 Å². The van der Waals surface area contributed by atoms with E-state index in [1.165, 1.54) is 0 Å². The normalized spacial score (nSPS) is 25.2. The van der Waals surface area contributed by atoms with Gasteiger partial charge >= 0.3 is 0 Å². The molecule has 3 rings (SSSR count). The maximum Gasteiger partial charge on any atom is 0.249 e. The van der Waals surface area contributed by atoms with Crippen molar-refractivity contribution < 1.29 is 13.9 Å².